The van der Waals surface area contributed by atoms with Gasteiger partial charge in [0.25, 0.3) is 0 Å². The summed E-state index contributed by atoms with van der Waals surface area (Å²) in [6.07, 6.45) is 0. The van der Waals surface area contributed by atoms with Gasteiger partial charge in [0, 0.05) is 13.0 Å². The fourth-order valence-corrected chi connectivity index (χ4v) is 2.31. The van der Waals surface area contributed by atoms with Crippen molar-refractivity contribution in [1.29, 1.82) is 0 Å². The monoisotopic (exact) mass is 215 g/mol. The molecule has 0 N–H and O–H groups in total. The molecular formula is C12H25NO2. The lowest BCUT2D eigenvalue weighted by atomic mass is 9.66. The van der Waals surface area contributed by atoms with Crippen LogP contribution in [0.15, 0.2) is 0 Å². The van der Waals surface area contributed by atoms with Crippen molar-refractivity contribution in [1.82, 2.24) is 5.06 Å². The molecule has 0 bridgehead atoms. The summed E-state index contributed by atoms with van der Waals surface area (Å²) in [6, 6.07) is 0. The number of nitrogens with zero attached hydrogens (tertiary/aromatic N) is 1. The molecule has 0 aromatic carbocycles. The Balaban J connectivity index is 5.07. The molecule has 0 fully saturated rings. The Bertz CT molecular complexity index is 209. The molecule has 0 spiro atoms. The quantitative estimate of drug-likeness (QED) is 0.663. The molecule has 0 saturated heterocycles. The summed E-state index contributed by atoms with van der Waals surface area (Å²) in [5.41, 5.74) is -0.135. The molecule has 0 heterocycles. The molecule has 0 aliphatic rings. The summed E-state index contributed by atoms with van der Waals surface area (Å²) in [6.45, 7) is 12.5. The van der Waals surface area contributed by atoms with Gasteiger partial charge in [0.15, 0.2) is 0 Å². The average Bonchev–Trinajstić information content (AvgIpc) is 1.97. The van der Waals surface area contributed by atoms with Crippen molar-refractivity contribution in [2.75, 3.05) is 14.2 Å². The summed E-state index contributed by atoms with van der Waals surface area (Å²) in [5, 5.41) is 1.32. The number of carbonyl (C=O) groups excluding carboxylic acids is 1. The maximum Gasteiger partial charge on any atom is 0.250 e. The van der Waals surface area contributed by atoms with E-state index in [1.165, 1.54) is 12.2 Å². The Labute approximate surface area is 93.7 Å². The van der Waals surface area contributed by atoms with Gasteiger partial charge in [-0.15, -0.1) is 0 Å². The first kappa shape index (κ1) is 14.4. The minimum absolute atomic E-state index is 0.0394. The van der Waals surface area contributed by atoms with Crippen molar-refractivity contribution < 1.29 is 9.63 Å². The van der Waals surface area contributed by atoms with Gasteiger partial charge in [-0.05, 0) is 10.8 Å². The molecule has 0 rings (SSSR count). The molecule has 90 valence electrons. The van der Waals surface area contributed by atoms with Crippen LogP contribution in [0.1, 0.15) is 41.5 Å². The van der Waals surface area contributed by atoms with Crippen LogP contribution < -0.4 is 0 Å². The first-order chi connectivity index (χ1) is 6.51. The van der Waals surface area contributed by atoms with Gasteiger partial charge in [0.05, 0.1) is 7.11 Å². The third kappa shape index (κ3) is 3.82. The van der Waals surface area contributed by atoms with Crippen molar-refractivity contribution in [2.45, 2.75) is 41.5 Å². The van der Waals surface area contributed by atoms with Gasteiger partial charge in [-0.1, -0.05) is 41.5 Å². The topological polar surface area (TPSA) is 29.5 Å². The van der Waals surface area contributed by atoms with Gasteiger partial charge in [0.2, 0.25) is 5.91 Å². The van der Waals surface area contributed by atoms with Crippen LogP contribution in [0.2, 0.25) is 0 Å². The van der Waals surface area contributed by atoms with E-state index in [2.05, 4.69) is 41.5 Å². The van der Waals surface area contributed by atoms with Gasteiger partial charge in [0.1, 0.15) is 0 Å². The predicted molar refractivity (Wildman–Crippen MR) is 62.2 cm³/mol. The first-order valence-electron chi connectivity index (χ1n) is 5.33. The van der Waals surface area contributed by atoms with Crippen LogP contribution in [0.4, 0.5) is 0 Å². The highest BCUT2D eigenvalue weighted by Crippen LogP contribution is 2.40. The standard InChI is InChI=1S/C12H25NO2/c1-11(2,3)9(12(4,5)6)10(14)13(7)15-8/h9H,1-8H3. The molecule has 0 aromatic heterocycles. The van der Waals surface area contributed by atoms with E-state index in [9.17, 15) is 4.79 Å². The fourth-order valence-electron chi connectivity index (χ4n) is 2.31. The van der Waals surface area contributed by atoms with Crippen LogP contribution in [-0.2, 0) is 9.63 Å². The number of hydrogen-bond acceptors (Lipinski definition) is 2. The Morgan fingerprint density at radius 2 is 1.40 bits per heavy atom. The molecule has 3 heteroatoms. The van der Waals surface area contributed by atoms with Crippen LogP contribution in [0.25, 0.3) is 0 Å². The lowest BCUT2D eigenvalue weighted by Crippen LogP contribution is -2.45. The Hall–Kier alpha value is -0.570. The minimum atomic E-state index is -0.0673. The summed E-state index contributed by atoms with van der Waals surface area (Å²) in [5.74, 6) is -0.0209. The molecule has 0 atom stereocenters. The zero-order valence-corrected chi connectivity index (χ0v) is 11.3. The Kier molecular flexibility index (Phi) is 4.35. The normalized spacial score (nSPS) is 13.1. The highest BCUT2D eigenvalue weighted by atomic mass is 16.7. The number of amides is 1. The van der Waals surface area contributed by atoms with Gasteiger partial charge in [-0.25, -0.2) is 5.06 Å². The molecule has 0 saturated carbocycles. The maximum absolute atomic E-state index is 12.2. The maximum atomic E-state index is 12.2. The third-order valence-electron chi connectivity index (χ3n) is 2.56. The van der Waals surface area contributed by atoms with E-state index in [0.717, 1.165) is 0 Å². The van der Waals surface area contributed by atoms with Crippen LogP contribution in [0.5, 0.6) is 0 Å². The second kappa shape index (κ2) is 4.52. The number of hydrogen-bond donors (Lipinski definition) is 0. The molecule has 0 radical (unpaired) electrons. The van der Waals surface area contributed by atoms with Crippen molar-refractivity contribution in [3.8, 4) is 0 Å². The van der Waals surface area contributed by atoms with Crippen LogP contribution in [0, 0.1) is 16.7 Å². The van der Waals surface area contributed by atoms with E-state index in [0.29, 0.717) is 0 Å². The SMILES string of the molecule is CON(C)C(=O)C(C(C)(C)C)C(C)(C)C. The summed E-state index contributed by atoms with van der Waals surface area (Å²) in [4.78, 5) is 17.1. The van der Waals surface area contributed by atoms with Gasteiger partial charge in [-0.2, -0.15) is 0 Å². The van der Waals surface area contributed by atoms with E-state index >= 15 is 0 Å². The molecule has 0 unspecified atom stereocenters. The number of hydroxylamine groups is 2. The lowest BCUT2D eigenvalue weighted by Gasteiger charge is -2.40. The van der Waals surface area contributed by atoms with E-state index < -0.39 is 0 Å². The Morgan fingerprint density at radius 3 is 1.60 bits per heavy atom. The number of rotatable bonds is 2. The van der Waals surface area contributed by atoms with Gasteiger partial charge >= 0.3 is 0 Å². The Morgan fingerprint density at radius 1 is 1.07 bits per heavy atom. The fraction of sp³-hybridized carbons (Fsp3) is 0.917. The van der Waals surface area contributed by atoms with Gasteiger partial charge in [-0.3, -0.25) is 9.63 Å². The molecule has 0 aliphatic carbocycles. The average molecular weight is 215 g/mol. The molecule has 0 aliphatic heterocycles. The smallest absolute Gasteiger partial charge is 0.250 e. The van der Waals surface area contributed by atoms with E-state index in [1.807, 2.05) is 0 Å². The summed E-state index contributed by atoms with van der Waals surface area (Å²) >= 11 is 0. The summed E-state index contributed by atoms with van der Waals surface area (Å²) < 4.78 is 0. The lowest BCUT2D eigenvalue weighted by molar-refractivity contribution is -0.182. The zero-order chi connectivity index (χ0) is 12.4. The van der Waals surface area contributed by atoms with Crippen molar-refractivity contribution in [3.63, 3.8) is 0 Å². The highest BCUT2D eigenvalue weighted by molar-refractivity contribution is 5.79. The van der Waals surface area contributed by atoms with Crippen molar-refractivity contribution in [2.24, 2.45) is 16.7 Å². The number of carbonyl (C=O) groups is 1. The van der Waals surface area contributed by atoms with E-state index in [-0.39, 0.29) is 22.7 Å². The van der Waals surface area contributed by atoms with Gasteiger partial charge < -0.3 is 0 Å². The minimum Gasteiger partial charge on any atom is -0.275 e. The molecule has 1 amide bonds. The molecule has 15 heavy (non-hydrogen) atoms. The third-order valence-corrected chi connectivity index (χ3v) is 2.56. The molecular weight excluding hydrogens is 190 g/mol. The second-order valence-electron chi connectivity index (χ2n) is 6.18. The largest absolute Gasteiger partial charge is 0.275 e. The second-order valence-corrected chi connectivity index (χ2v) is 6.18. The van der Waals surface area contributed by atoms with Crippen molar-refractivity contribution >= 4 is 5.91 Å². The van der Waals surface area contributed by atoms with E-state index in [1.54, 1.807) is 7.05 Å². The van der Waals surface area contributed by atoms with Crippen LogP contribution >= 0.6 is 0 Å². The van der Waals surface area contributed by atoms with E-state index in [4.69, 9.17) is 4.84 Å². The summed E-state index contributed by atoms with van der Waals surface area (Å²) in [7, 11) is 3.17. The highest BCUT2D eigenvalue weighted by Gasteiger charge is 2.41. The van der Waals surface area contributed by atoms with Crippen LogP contribution in [0.3, 0.4) is 0 Å². The van der Waals surface area contributed by atoms with Crippen LogP contribution in [-0.4, -0.2) is 25.1 Å². The van der Waals surface area contributed by atoms with Crippen molar-refractivity contribution in [3.05, 3.63) is 0 Å². The zero-order valence-electron chi connectivity index (χ0n) is 11.3. The first-order valence-corrected chi connectivity index (χ1v) is 5.33. The molecule has 3 nitrogen and oxygen atoms in total. The molecule has 0 aromatic rings. The predicted octanol–water partition coefficient (Wildman–Crippen LogP) is 2.71.